The van der Waals surface area contributed by atoms with E-state index in [4.69, 9.17) is 4.74 Å². The number of carbonyl (C=O) groups excluding carboxylic acids is 1. The Hall–Kier alpha value is -2.15. The van der Waals surface area contributed by atoms with E-state index < -0.39 is 4.92 Å². The number of fused-ring (bicyclic) bond motifs is 1. The zero-order chi connectivity index (χ0) is 17.2. The van der Waals surface area contributed by atoms with Crippen molar-refractivity contribution < 1.29 is 14.5 Å². The zero-order valence-corrected chi connectivity index (χ0v) is 13.8. The van der Waals surface area contributed by atoms with Gasteiger partial charge in [-0.1, -0.05) is 12.8 Å². The Morgan fingerprint density at radius 1 is 1.50 bits per heavy atom. The number of ether oxygens (including phenoxy) is 1. The van der Waals surface area contributed by atoms with E-state index in [1.807, 2.05) is 0 Å². The number of nitro benzene ring substituents is 1. The molecule has 1 aromatic carbocycles. The third-order valence-corrected chi connectivity index (χ3v) is 5.40. The standard InChI is InChI=1S/C17H23N3O4/c1-24-15-6-5-14(20(22)23)8-12(15)9-19-16(21)17-7-3-2-4-13(17)10-18-11-17/h5-6,8,13,18H,2-4,7,9-11H2,1H3,(H,19,21)/t13-,17+/m0/s1. The van der Waals surface area contributed by atoms with E-state index in [2.05, 4.69) is 10.6 Å². The maximum Gasteiger partial charge on any atom is 0.270 e. The number of non-ortho nitro benzene ring substituents is 1. The van der Waals surface area contributed by atoms with Gasteiger partial charge in [0.25, 0.3) is 5.69 Å². The number of hydrogen-bond donors (Lipinski definition) is 2. The molecular formula is C17H23N3O4. The van der Waals surface area contributed by atoms with Crippen LogP contribution in [0.5, 0.6) is 5.75 Å². The quantitative estimate of drug-likeness (QED) is 0.635. The second-order valence-electron chi connectivity index (χ2n) is 6.67. The molecule has 1 aliphatic carbocycles. The van der Waals surface area contributed by atoms with E-state index in [9.17, 15) is 14.9 Å². The molecule has 2 aliphatic rings. The van der Waals surface area contributed by atoms with Crippen LogP contribution in [0.4, 0.5) is 5.69 Å². The lowest BCUT2D eigenvalue weighted by atomic mass is 9.67. The molecule has 0 bridgehead atoms. The van der Waals surface area contributed by atoms with Crippen LogP contribution in [0, 0.1) is 21.4 Å². The Labute approximate surface area is 140 Å². The maximum absolute atomic E-state index is 12.9. The lowest BCUT2D eigenvalue weighted by Gasteiger charge is -2.37. The highest BCUT2D eigenvalue weighted by atomic mass is 16.6. The van der Waals surface area contributed by atoms with Gasteiger partial charge < -0.3 is 15.4 Å². The van der Waals surface area contributed by atoms with Crippen LogP contribution in [0.1, 0.15) is 31.2 Å². The number of carbonyl (C=O) groups is 1. The average molecular weight is 333 g/mol. The fourth-order valence-electron chi connectivity index (χ4n) is 4.06. The Bertz CT molecular complexity index is 649. The van der Waals surface area contributed by atoms with Gasteiger partial charge in [-0.3, -0.25) is 14.9 Å². The van der Waals surface area contributed by atoms with Crippen molar-refractivity contribution in [2.75, 3.05) is 20.2 Å². The molecule has 1 aromatic rings. The van der Waals surface area contributed by atoms with Crippen LogP contribution < -0.4 is 15.4 Å². The van der Waals surface area contributed by atoms with E-state index in [0.717, 1.165) is 32.4 Å². The van der Waals surface area contributed by atoms with Gasteiger partial charge in [-0.15, -0.1) is 0 Å². The third kappa shape index (κ3) is 2.96. The van der Waals surface area contributed by atoms with Crippen molar-refractivity contribution in [1.29, 1.82) is 0 Å². The van der Waals surface area contributed by atoms with Crippen molar-refractivity contribution in [1.82, 2.24) is 10.6 Å². The molecule has 0 radical (unpaired) electrons. The first-order chi connectivity index (χ1) is 11.6. The van der Waals surface area contributed by atoms with E-state index in [0.29, 0.717) is 17.2 Å². The summed E-state index contributed by atoms with van der Waals surface area (Å²) < 4.78 is 5.26. The first-order valence-electron chi connectivity index (χ1n) is 8.37. The molecule has 7 nitrogen and oxygen atoms in total. The summed E-state index contributed by atoms with van der Waals surface area (Å²) in [5.41, 5.74) is 0.290. The molecule has 2 N–H and O–H groups in total. The van der Waals surface area contributed by atoms with Gasteiger partial charge in [0.05, 0.1) is 17.4 Å². The Morgan fingerprint density at radius 2 is 2.33 bits per heavy atom. The Morgan fingerprint density at radius 3 is 3.08 bits per heavy atom. The van der Waals surface area contributed by atoms with Crippen LogP contribution >= 0.6 is 0 Å². The van der Waals surface area contributed by atoms with Gasteiger partial charge in [-0.25, -0.2) is 0 Å². The maximum atomic E-state index is 12.9. The number of amides is 1. The largest absolute Gasteiger partial charge is 0.496 e. The topological polar surface area (TPSA) is 93.5 Å². The van der Waals surface area contributed by atoms with Crippen molar-refractivity contribution in [3.05, 3.63) is 33.9 Å². The van der Waals surface area contributed by atoms with Gasteiger partial charge in [0, 0.05) is 30.8 Å². The Kier molecular flexibility index (Phi) is 4.71. The van der Waals surface area contributed by atoms with Gasteiger partial charge in [-0.05, 0) is 31.4 Å². The molecule has 1 saturated heterocycles. The van der Waals surface area contributed by atoms with Crippen molar-refractivity contribution in [2.45, 2.75) is 32.2 Å². The van der Waals surface area contributed by atoms with E-state index >= 15 is 0 Å². The first-order valence-corrected chi connectivity index (χ1v) is 8.37. The summed E-state index contributed by atoms with van der Waals surface area (Å²) in [7, 11) is 1.52. The molecular weight excluding hydrogens is 310 g/mol. The van der Waals surface area contributed by atoms with Gasteiger partial charge in [-0.2, -0.15) is 0 Å². The molecule has 2 fully saturated rings. The van der Waals surface area contributed by atoms with Gasteiger partial charge in [0.1, 0.15) is 5.75 Å². The van der Waals surface area contributed by atoms with Gasteiger partial charge in [0.2, 0.25) is 5.91 Å². The lowest BCUT2D eigenvalue weighted by molar-refractivity contribution is -0.384. The molecule has 1 amide bonds. The predicted molar refractivity (Wildman–Crippen MR) is 88.8 cm³/mol. The van der Waals surface area contributed by atoms with Crippen molar-refractivity contribution in [3.8, 4) is 5.75 Å². The lowest BCUT2D eigenvalue weighted by Crippen LogP contribution is -2.47. The number of rotatable bonds is 5. The summed E-state index contributed by atoms with van der Waals surface area (Å²) in [4.78, 5) is 23.4. The summed E-state index contributed by atoms with van der Waals surface area (Å²) in [6.45, 7) is 1.85. The molecule has 1 aliphatic heterocycles. The summed E-state index contributed by atoms with van der Waals surface area (Å²) in [5.74, 6) is 0.979. The first kappa shape index (κ1) is 16.7. The number of methoxy groups -OCH3 is 1. The Balaban J connectivity index is 1.74. The second-order valence-corrected chi connectivity index (χ2v) is 6.67. The fraction of sp³-hybridized carbons (Fsp3) is 0.588. The van der Waals surface area contributed by atoms with Crippen molar-refractivity contribution in [3.63, 3.8) is 0 Å². The van der Waals surface area contributed by atoms with Crippen LogP contribution in [-0.4, -0.2) is 31.0 Å². The van der Waals surface area contributed by atoms with Crippen LogP contribution in [0.15, 0.2) is 18.2 Å². The van der Waals surface area contributed by atoms with E-state index in [-0.39, 0.29) is 23.6 Å². The number of benzene rings is 1. The summed E-state index contributed by atoms with van der Waals surface area (Å²) in [6.07, 6.45) is 4.24. The molecule has 0 spiro atoms. The van der Waals surface area contributed by atoms with Crippen LogP contribution in [0.25, 0.3) is 0 Å². The molecule has 130 valence electrons. The normalized spacial score (nSPS) is 25.8. The van der Waals surface area contributed by atoms with Crippen LogP contribution in [-0.2, 0) is 11.3 Å². The minimum absolute atomic E-state index is 0.00344. The molecule has 1 saturated carbocycles. The zero-order valence-electron chi connectivity index (χ0n) is 13.8. The molecule has 1 heterocycles. The SMILES string of the molecule is COc1ccc([N+](=O)[O-])cc1CNC(=O)[C@@]12CCCC[C@H]1CNC2. The molecule has 3 rings (SSSR count). The van der Waals surface area contributed by atoms with Gasteiger partial charge >= 0.3 is 0 Å². The molecule has 7 heteroatoms. The van der Waals surface area contributed by atoms with Gasteiger partial charge in [0.15, 0.2) is 0 Å². The smallest absolute Gasteiger partial charge is 0.270 e. The highest BCUT2D eigenvalue weighted by Crippen LogP contribution is 2.44. The van der Waals surface area contributed by atoms with Crippen molar-refractivity contribution >= 4 is 11.6 Å². The number of nitrogens with one attached hydrogen (secondary N) is 2. The highest BCUT2D eigenvalue weighted by molar-refractivity contribution is 5.84. The number of nitro groups is 1. The second kappa shape index (κ2) is 6.76. The van der Waals surface area contributed by atoms with Crippen LogP contribution in [0.3, 0.4) is 0 Å². The number of hydrogen-bond acceptors (Lipinski definition) is 5. The monoisotopic (exact) mass is 333 g/mol. The average Bonchev–Trinajstić information content (AvgIpc) is 3.04. The fourth-order valence-corrected chi connectivity index (χ4v) is 4.06. The van der Waals surface area contributed by atoms with Crippen molar-refractivity contribution in [2.24, 2.45) is 11.3 Å². The van der Waals surface area contributed by atoms with E-state index in [1.165, 1.54) is 25.7 Å². The minimum Gasteiger partial charge on any atom is -0.496 e. The summed E-state index contributed by atoms with van der Waals surface area (Å²) >= 11 is 0. The minimum atomic E-state index is -0.443. The highest BCUT2D eigenvalue weighted by Gasteiger charge is 2.49. The molecule has 0 unspecified atom stereocenters. The third-order valence-electron chi connectivity index (χ3n) is 5.40. The van der Waals surface area contributed by atoms with Crippen LogP contribution in [0.2, 0.25) is 0 Å². The molecule has 24 heavy (non-hydrogen) atoms. The summed E-state index contributed by atoms with van der Waals surface area (Å²) in [5, 5.41) is 17.3. The number of nitrogens with zero attached hydrogens (tertiary/aromatic N) is 1. The summed E-state index contributed by atoms with van der Waals surface area (Å²) in [6, 6.07) is 4.43. The predicted octanol–water partition coefficient (Wildman–Crippen LogP) is 2.00. The van der Waals surface area contributed by atoms with E-state index in [1.54, 1.807) is 6.07 Å². The molecule has 2 atom stereocenters. The molecule has 0 aromatic heterocycles.